The van der Waals surface area contributed by atoms with Crippen molar-refractivity contribution in [1.82, 2.24) is 25.0 Å². The molecule has 1 aromatic heterocycles. The van der Waals surface area contributed by atoms with Crippen molar-refractivity contribution in [3.63, 3.8) is 0 Å². The van der Waals surface area contributed by atoms with Gasteiger partial charge in [-0.3, -0.25) is 0 Å². The van der Waals surface area contributed by atoms with Crippen LogP contribution in [0.2, 0.25) is 0 Å². The van der Waals surface area contributed by atoms with Gasteiger partial charge in [0.2, 0.25) is 0 Å². The summed E-state index contributed by atoms with van der Waals surface area (Å²) < 4.78 is 28.0. The average molecular weight is 330 g/mol. The molecule has 0 unspecified atom stereocenters. The molecule has 114 valence electrons. The summed E-state index contributed by atoms with van der Waals surface area (Å²) in [5.74, 6) is 0. The maximum atomic E-state index is 12.1. The highest BCUT2D eigenvalue weighted by Crippen LogP contribution is 2.17. The lowest BCUT2D eigenvalue weighted by Gasteiger charge is -2.07. The Morgan fingerprint density at radius 3 is 2.81 bits per heavy atom. The minimum absolute atomic E-state index is 0. The van der Waals surface area contributed by atoms with Crippen molar-refractivity contribution in [2.45, 2.75) is 24.7 Å². The van der Waals surface area contributed by atoms with Crippen LogP contribution < -0.4 is 10.0 Å². The Bertz CT molecular complexity index is 744. The van der Waals surface area contributed by atoms with Crippen molar-refractivity contribution in [2.75, 3.05) is 0 Å². The number of nitrogens with one attached hydrogen (secondary N) is 2. The fourth-order valence-corrected chi connectivity index (χ4v) is 3.31. The Balaban J connectivity index is 0.00000161. The molecule has 0 bridgehead atoms. The minimum Gasteiger partial charge on any atom is -0.309 e. The van der Waals surface area contributed by atoms with Crippen LogP contribution in [0.3, 0.4) is 0 Å². The molecular formula is C12H16ClN5O2S. The number of aryl methyl sites for hydroxylation is 1. The summed E-state index contributed by atoms with van der Waals surface area (Å²) >= 11 is 0. The monoisotopic (exact) mass is 329 g/mol. The Kier molecular flexibility index (Phi) is 4.62. The Morgan fingerprint density at radius 2 is 2.10 bits per heavy atom. The lowest BCUT2D eigenvalue weighted by atomic mass is 10.1. The number of nitrogens with zero attached hydrogens (tertiary/aromatic N) is 3. The van der Waals surface area contributed by atoms with Crippen molar-refractivity contribution in [1.29, 1.82) is 0 Å². The largest absolute Gasteiger partial charge is 0.309 e. The summed E-state index contributed by atoms with van der Waals surface area (Å²) in [5, 5.41) is 10.5. The molecule has 0 aliphatic carbocycles. The van der Waals surface area contributed by atoms with Crippen LogP contribution in [0, 0.1) is 0 Å². The van der Waals surface area contributed by atoms with Crippen LogP contribution in [-0.4, -0.2) is 23.4 Å². The van der Waals surface area contributed by atoms with Gasteiger partial charge < -0.3 is 5.32 Å². The molecule has 1 aliphatic rings. The predicted octanol–water partition coefficient (Wildman–Crippen LogP) is 0.319. The van der Waals surface area contributed by atoms with Crippen molar-refractivity contribution >= 4 is 22.4 Å². The molecule has 0 amide bonds. The maximum absolute atomic E-state index is 12.1. The zero-order valence-corrected chi connectivity index (χ0v) is 13.0. The number of aromatic nitrogens is 3. The number of benzene rings is 1. The van der Waals surface area contributed by atoms with Gasteiger partial charge >= 0.3 is 0 Å². The van der Waals surface area contributed by atoms with Gasteiger partial charge in [-0.25, -0.2) is 17.8 Å². The molecule has 0 spiro atoms. The Morgan fingerprint density at radius 1 is 1.33 bits per heavy atom. The molecule has 2 heterocycles. The highest BCUT2D eigenvalue weighted by atomic mass is 35.5. The van der Waals surface area contributed by atoms with E-state index in [1.54, 1.807) is 7.05 Å². The zero-order chi connectivity index (χ0) is 14.2. The molecule has 0 atom stereocenters. The van der Waals surface area contributed by atoms with Gasteiger partial charge in [-0.2, -0.15) is 0 Å². The van der Waals surface area contributed by atoms with Crippen molar-refractivity contribution < 1.29 is 8.42 Å². The lowest BCUT2D eigenvalue weighted by molar-refractivity contribution is 0.560. The average Bonchev–Trinajstić information content (AvgIpc) is 3.04. The number of halogens is 1. The lowest BCUT2D eigenvalue weighted by Crippen LogP contribution is -2.25. The Labute approximate surface area is 129 Å². The molecule has 2 N–H and O–H groups in total. The molecule has 0 radical (unpaired) electrons. The number of hydrogen-bond acceptors (Lipinski definition) is 5. The van der Waals surface area contributed by atoms with E-state index in [1.807, 2.05) is 18.2 Å². The summed E-state index contributed by atoms with van der Waals surface area (Å²) in [6.07, 6.45) is 1.23. The number of sulfonamides is 1. The van der Waals surface area contributed by atoms with Gasteiger partial charge in [0.1, 0.15) is 0 Å². The summed E-state index contributed by atoms with van der Waals surface area (Å²) in [5.41, 5.74) is 3.43. The standard InChI is InChI=1S/C12H15N5O2S.ClH/c1-17-12(8-14-16-17)20(18,19)15-5-9-2-3-10-6-13-7-11(10)4-9;/h2-4,8,13,15H,5-7H2,1H3;1H. The van der Waals surface area contributed by atoms with Crippen LogP contribution in [0.25, 0.3) is 0 Å². The molecule has 0 saturated carbocycles. The van der Waals surface area contributed by atoms with Gasteiger partial charge in [0.05, 0.1) is 6.20 Å². The van der Waals surface area contributed by atoms with Crippen LogP contribution >= 0.6 is 12.4 Å². The van der Waals surface area contributed by atoms with Crippen molar-refractivity contribution in [3.05, 3.63) is 41.1 Å². The molecule has 2 aromatic rings. The molecule has 0 saturated heterocycles. The first-order chi connectivity index (χ1) is 9.56. The van der Waals surface area contributed by atoms with E-state index in [4.69, 9.17) is 0 Å². The summed E-state index contributed by atoms with van der Waals surface area (Å²) in [6.45, 7) is 1.96. The van der Waals surface area contributed by atoms with E-state index >= 15 is 0 Å². The van der Waals surface area contributed by atoms with E-state index in [0.29, 0.717) is 0 Å². The van der Waals surface area contributed by atoms with Crippen LogP contribution in [0.4, 0.5) is 0 Å². The number of hydrogen-bond donors (Lipinski definition) is 2. The predicted molar refractivity (Wildman–Crippen MR) is 79.3 cm³/mol. The number of rotatable bonds is 4. The first-order valence-electron chi connectivity index (χ1n) is 6.22. The third-order valence-electron chi connectivity index (χ3n) is 3.32. The SMILES string of the molecule is Cl.Cn1nncc1S(=O)(=O)NCc1ccc2c(c1)CNC2. The molecular weight excluding hydrogens is 314 g/mol. The van der Waals surface area contributed by atoms with Crippen LogP contribution in [0.1, 0.15) is 16.7 Å². The topological polar surface area (TPSA) is 88.9 Å². The summed E-state index contributed by atoms with van der Waals surface area (Å²) in [4.78, 5) is 0. The second-order valence-corrected chi connectivity index (χ2v) is 6.44. The van der Waals surface area contributed by atoms with Crippen LogP contribution in [-0.2, 0) is 36.7 Å². The molecule has 7 nitrogen and oxygen atoms in total. The van der Waals surface area contributed by atoms with Crippen molar-refractivity contribution in [2.24, 2.45) is 7.05 Å². The quantitative estimate of drug-likeness (QED) is 0.843. The van der Waals surface area contributed by atoms with E-state index in [0.717, 1.165) is 18.7 Å². The van der Waals surface area contributed by atoms with Crippen LogP contribution in [0.5, 0.6) is 0 Å². The summed E-state index contributed by atoms with van der Waals surface area (Å²) in [7, 11) is -2.04. The second-order valence-electron chi connectivity index (χ2n) is 4.73. The fraction of sp³-hybridized carbons (Fsp3) is 0.333. The smallest absolute Gasteiger partial charge is 0.259 e. The first-order valence-corrected chi connectivity index (χ1v) is 7.70. The van der Waals surface area contributed by atoms with Gasteiger partial charge in [-0.15, -0.1) is 17.5 Å². The van der Waals surface area contributed by atoms with E-state index in [9.17, 15) is 8.42 Å². The number of fused-ring (bicyclic) bond motifs is 1. The maximum Gasteiger partial charge on any atom is 0.259 e. The van der Waals surface area contributed by atoms with E-state index in [1.165, 1.54) is 22.0 Å². The van der Waals surface area contributed by atoms with Crippen LogP contribution in [0.15, 0.2) is 29.4 Å². The third kappa shape index (κ3) is 3.24. The highest BCUT2D eigenvalue weighted by Gasteiger charge is 2.19. The minimum atomic E-state index is -3.59. The van der Waals surface area contributed by atoms with Gasteiger partial charge in [0.15, 0.2) is 5.03 Å². The first kappa shape index (κ1) is 15.9. The van der Waals surface area contributed by atoms with Gasteiger partial charge in [-0.1, -0.05) is 23.4 Å². The molecule has 9 heteroatoms. The van der Waals surface area contributed by atoms with Gasteiger partial charge in [0, 0.05) is 26.7 Å². The molecule has 1 aliphatic heterocycles. The fourth-order valence-electron chi connectivity index (χ4n) is 2.23. The van der Waals surface area contributed by atoms with E-state index in [-0.39, 0.29) is 24.0 Å². The second kappa shape index (κ2) is 6.10. The third-order valence-corrected chi connectivity index (χ3v) is 4.76. The normalized spacial score (nSPS) is 13.8. The van der Waals surface area contributed by atoms with E-state index < -0.39 is 10.0 Å². The Hall–Kier alpha value is -1.48. The summed E-state index contributed by atoms with van der Waals surface area (Å²) in [6, 6.07) is 6.00. The molecule has 1 aromatic carbocycles. The van der Waals surface area contributed by atoms with Gasteiger partial charge in [0.25, 0.3) is 10.0 Å². The highest BCUT2D eigenvalue weighted by molar-refractivity contribution is 7.89. The van der Waals surface area contributed by atoms with Crippen molar-refractivity contribution in [3.8, 4) is 0 Å². The van der Waals surface area contributed by atoms with Gasteiger partial charge in [-0.05, 0) is 16.7 Å². The molecule has 21 heavy (non-hydrogen) atoms. The van der Waals surface area contributed by atoms with E-state index in [2.05, 4.69) is 20.4 Å². The zero-order valence-electron chi connectivity index (χ0n) is 11.4. The molecule has 0 fully saturated rings. The molecule has 3 rings (SSSR count).